The number of halogens is 1. The van der Waals surface area contributed by atoms with E-state index in [1.807, 2.05) is 12.2 Å². The van der Waals surface area contributed by atoms with Crippen molar-refractivity contribution in [1.29, 1.82) is 0 Å². The van der Waals surface area contributed by atoms with Gasteiger partial charge in [-0.3, -0.25) is 4.79 Å². The summed E-state index contributed by atoms with van der Waals surface area (Å²) >= 11 is 3.36. The lowest BCUT2D eigenvalue weighted by molar-refractivity contribution is -0.139. The van der Waals surface area contributed by atoms with Crippen molar-refractivity contribution in [2.24, 2.45) is 0 Å². The van der Waals surface area contributed by atoms with E-state index in [0.29, 0.717) is 6.42 Å². The first-order chi connectivity index (χ1) is 6.74. The fraction of sp³-hybridized carbons (Fsp3) is 0.364. The van der Waals surface area contributed by atoms with Crippen LogP contribution in [0.25, 0.3) is 0 Å². The van der Waals surface area contributed by atoms with Gasteiger partial charge in [-0.1, -0.05) is 40.2 Å². The van der Waals surface area contributed by atoms with Crippen LogP contribution in [0.3, 0.4) is 0 Å². The molecule has 0 fully saturated rings. The number of ether oxygens (including phenoxy) is 1. The van der Waals surface area contributed by atoms with Crippen molar-refractivity contribution in [1.82, 2.24) is 0 Å². The van der Waals surface area contributed by atoms with Gasteiger partial charge >= 0.3 is 5.97 Å². The first-order valence-electron chi connectivity index (χ1n) is 4.33. The largest absolute Gasteiger partial charge is 0.469 e. The lowest BCUT2D eigenvalue weighted by atomic mass is 10.2. The Bertz CT molecular complexity index is 242. The second-order valence-corrected chi connectivity index (χ2v) is 3.18. The monoisotopic (exact) mass is 258 g/mol. The van der Waals surface area contributed by atoms with E-state index in [9.17, 15) is 4.79 Å². The quantitative estimate of drug-likeness (QED) is 0.317. The van der Waals surface area contributed by atoms with E-state index in [1.165, 1.54) is 7.11 Å². The van der Waals surface area contributed by atoms with Crippen LogP contribution in [-0.2, 0) is 9.53 Å². The molecule has 0 amide bonds. The number of hydrogen-bond acceptors (Lipinski definition) is 2. The summed E-state index contributed by atoms with van der Waals surface area (Å²) in [6.45, 7) is 3.63. The Balaban J connectivity index is 4.03. The maximum absolute atomic E-state index is 10.8. The summed E-state index contributed by atoms with van der Waals surface area (Å²) in [6.07, 6.45) is 8.74. The molecule has 3 heteroatoms. The number of carbonyl (C=O) groups is 1. The molecule has 0 unspecified atom stereocenters. The zero-order chi connectivity index (χ0) is 10.8. The summed E-state index contributed by atoms with van der Waals surface area (Å²) in [4.78, 5) is 10.8. The Labute approximate surface area is 93.5 Å². The van der Waals surface area contributed by atoms with E-state index in [1.54, 1.807) is 6.08 Å². The number of alkyl halides is 1. The minimum absolute atomic E-state index is 0.223. The summed E-state index contributed by atoms with van der Waals surface area (Å²) in [5.41, 5.74) is 1.13. The smallest absolute Gasteiger partial charge is 0.309 e. The van der Waals surface area contributed by atoms with Crippen molar-refractivity contribution >= 4 is 21.9 Å². The van der Waals surface area contributed by atoms with E-state index in [0.717, 1.165) is 17.3 Å². The fourth-order valence-electron chi connectivity index (χ4n) is 0.792. The van der Waals surface area contributed by atoms with Crippen LogP contribution in [0.5, 0.6) is 0 Å². The second-order valence-electron chi connectivity index (χ2n) is 2.62. The van der Waals surface area contributed by atoms with Gasteiger partial charge in [0, 0.05) is 5.33 Å². The molecule has 0 saturated carbocycles. The normalized spacial score (nSPS) is 11.7. The van der Waals surface area contributed by atoms with Gasteiger partial charge in [0.25, 0.3) is 0 Å². The topological polar surface area (TPSA) is 26.3 Å². The Kier molecular flexibility index (Phi) is 8.24. The van der Waals surface area contributed by atoms with Crippen LogP contribution in [0.2, 0.25) is 0 Å². The van der Waals surface area contributed by atoms with Crippen molar-refractivity contribution in [2.45, 2.75) is 12.8 Å². The van der Waals surface area contributed by atoms with Crippen LogP contribution >= 0.6 is 15.9 Å². The lowest BCUT2D eigenvalue weighted by Gasteiger charge is -1.95. The van der Waals surface area contributed by atoms with Gasteiger partial charge in [0.15, 0.2) is 0 Å². The zero-order valence-electron chi connectivity index (χ0n) is 8.33. The third-order valence-corrected chi connectivity index (χ3v) is 2.19. The molecule has 0 heterocycles. The summed E-state index contributed by atoms with van der Waals surface area (Å²) in [6, 6.07) is 0. The molecule has 0 aromatic heterocycles. The predicted octanol–water partition coefficient (Wildman–Crippen LogP) is 3.00. The van der Waals surface area contributed by atoms with E-state index < -0.39 is 0 Å². The van der Waals surface area contributed by atoms with E-state index in [2.05, 4.69) is 33.3 Å². The molecule has 0 aromatic rings. The number of allylic oxidation sites excluding steroid dienone is 4. The maximum atomic E-state index is 10.8. The van der Waals surface area contributed by atoms with E-state index >= 15 is 0 Å². The molecule has 0 radical (unpaired) electrons. The summed E-state index contributed by atoms with van der Waals surface area (Å²) < 4.78 is 4.51. The molecule has 0 aliphatic rings. The van der Waals surface area contributed by atoms with Crippen molar-refractivity contribution in [3.63, 3.8) is 0 Å². The van der Waals surface area contributed by atoms with Gasteiger partial charge in [0.05, 0.1) is 13.5 Å². The Morgan fingerprint density at radius 1 is 1.57 bits per heavy atom. The molecule has 78 valence electrons. The second kappa shape index (κ2) is 8.75. The third-order valence-electron chi connectivity index (χ3n) is 1.55. The Hall–Kier alpha value is -0.830. The molecular formula is C11H15BrO2. The highest BCUT2D eigenvalue weighted by atomic mass is 79.9. The number of rotatable bonds is 6. The van der Waals surface area contributed by atoms with Crippen molar-refractivity contribution in [3.8, 4) is 0 Å². The summed E-state index contributed by atoms with van der Waals surface area (Å²) in [5.74, 6) is -0.223. The fourth-order valence-corrected chi connectivity index (χ4v) is 1.21. The first-order valence-corrected chi connectivity index (χ1v) is 5.46. The lowest BCUT2D eigenvalue weighted by Crippen LogP contribution is -1.96. The van der Waals surface area contributed by atoms with Crippen LogP contribution in [0, 0.1) is 0 Å². The SMILES string of the molecule is C=CC/C=C(\C=C/CC(=O)OC)CBr. The number of carbonyl (C=O) groups excluding carboxylic acids is 1. The Morgan fingerprint density at radius 2 is 2.29 bits per heavy atom. The van der Waals surface area contributed by atoms with Gasteiger partial charge in [-0.05, 0) is 12.0 Å². The molecule has 14 heavy (non-hydrogen) atoms. The van der Waals surface area contributed by atoms with Crippen LogP contribution < -0.4 is 0 Å². The van der Waals surface area contributed by atoms with Gasteiger partial charge in [-0.25, -0.2) is 0 Å². The number of hydrogen-bond donors (Lipinski definition) is 0. The van der Waals surface area contributed by atoms with E-state index in [-0.39, 0.29) is 5.97 Å². The minimum Gasteiger partial charge on any atom is -0.469 e. The highest BCUT2D eigenvalue weighted by molar-refractivity contribution is 9.09. The molecule has 0 spiro atoms. The maximum Gasteiger partial charge on any atom is 0.309 e. The molecular weight excluding hydrogens is 244 g/mol. The average Bonchev–Trinajstić information content (AvgIpc) is 2.22. The Morgan fingerprint density at radius 3 is 2.79 bits per heavy atom. The first kappa shape index (κ1) is 13.2. The van der Waals surface area contributed by atoms with Crippen LogP contribution in [0.1, 0.15) is 12.8 Å². The molecule has 0 N–H and O–H groups in total. The third kappa shape index (κ3) is 6.66. The molecule has 0 aliphatic carbocycles. The molecule has 0 rings (SSSR count). The molecule has 0 bridgehead atoms. The van der Waals surface area contributed by atoms with E-state index in [4.69, 9.17) is 0 Å². The van der Waals surface area contributed by atoms with Crippen LogP contribution in [-0.4, -0.2) is 18.4 Å². The minimum atomic E-state index is -0.223. The predicted molar refractivity (Wildman–Crippen MR) is 62.5 cm³/mol. The van der Waals surface area contributed by atoms with Gasteiger partial charge in [0.1, 0.15) is 0 Å². The van der Waals surface area contributed by atoms with Crippen molar-refractivity contribution in [2.75, 3.05) is 12.4 Å². The number of methoxy groups -OCH3 is 1. The summed E-state index contributed by atoms with van der Waals surface area (Å²) in [7, 11) is 1.38. The van der Waals surface area contributed by atoms with Crippen molar-refractivity contribution in [3.05, 3.63) is 36.5 Å². The number of esters is 1. The molecule has 2 nitrogen and oxygen atoms in total. The zero-order valence-corrected chi connectivity index (χ0v) is 9.92. The van der Waals surface area contributed by atoms with Crippen LogP contribution in [0.15, 0.2) is 36.5 Å². The van der Waals surface area contributed by atoms with Crippen LogP contribution in [0.4, 0.5) is 0 Å². The highest BCUT2D eigenvalue weighted by Crippen LogP contribution is 2.04. The molecule has 0 atom stereocenters. The summed E-state index contributed by atoms with van der Waals surface area (Å²) in [5, 5.41) is 0.776. The molecule has 0 aliphatic heterocycles. The molecule has 0 saturated heterocycles. The average molecular weight is 259 g/mol. The van der Waals surface area contributed by atoms with Gasteiger partial charge in [0.2, 0.25) is 0 Å². The highest BCUT2D eigenvalue weighted by Gasteiger charge is 1.94. The van der Waals surface area contributed by atoms with Gasteiger partial charge in [-0.15, -0.1) is 6.58 Å². The van der Waals surface area contributed by atoms with Gasteiger partial charge in [-0.2, -0.15) is 0 Å². The van der Waals surface area contributed by atoms with Gasteiger partial charge < -0.3 is 4.74 Å². The van der Waals surface area contributed by atoms with Crippen molar-refractivity contribution < 1.29 is 9.53 Å². The standard InChI is InChI=1S/C11H15BrO2/c1-3-4-6-10(9-12)7-5-8-11(13)14-2/h3,5-7H,1,4,8-9H2,2H3/b7-5-,10-6+. The molecule has 0 aromatic carbocycles.